The van der Waals surface area contributed by atoms with Crippen molar-refractivity contribution >= 4 is 5.96 Å². The Hall–Kier alpha value is -1.93. The number of nitrogens with one attached hydrogen (secondary N) is 2. The van der Waals surface area contributed by atoms with Gasteiger partial charge in [0.05, 0.1) is 6.61 Å². The van der Waals surface area contributed by atoms with Gasteiger partial charge in [-0.3, -0.25) is 4.99 Å². The molecule has 25 heavy (non-hydrogen) atoms. The highest BCUT2D eigenvalue weighted by Crippen LogP contribution is 2.31. The van der Waals surface area contributed by atoms with Crippen LogP contribution in [0.1, 0.15) is 18.4 Å². The van der Waals surface area contributed by atoms with E-state index in [0.29, 0.717) is 44.2 Å². The second-order valence-electron chi connectivity index (χ2n) is 6.04. The minimum absolute atomic E-state index is 0.107. The van der Waals surface area contributed by atoms with Crippen molar-refractivity contribution < 1.29 is 23.4 Å². The van der Waals surface area contributed by atoms with Crippen molar-refractivity contribution in [1.82, 2.24) is 10.6 Å². The molecule has 8 heteroatoms. The van der Waals surface area contributed by atoms with Crippen molar-refractivity contribution in [2.45, 2.75) is 26.0 Å². The maximum Gasteiger partial charge on any atom is 0.387 e. The SMILES string of the molecule is CN=C(NCc1ccccc1OC(F)F)NCC1(CCO)CCOC1. The molecular weight excluding hydrogens is 332 g/mol. The molecule has 0 spiro atoms. The molecule has 1 heterocycles. The van der Waals surface area contributed by atoms with Crippen LogP contribution in [0.2, 0.25) is 0 Å². The molecule has 0 saturated carbocycles. The monoisotopic (exact) mass is 357 g/mol. The Morgan fingerprint density at radius 1 is 1.40 bits per heavy atom. The zero-order chi connectivity index (χ0) is 18.1. The fourth-order valence-corrected chi connectivity index (χ4v) is 2.84. The van der Waals surface area contributed by atoms with Gasteiger partial charge in [-0.25, -0.2) is 0 Å². The van der Waals surface area contributed by atoms with Gasteiger partial charge in [0.15, 0.2) is 5.96 Å². The molecule has 0 aliphatic carbocycles. The van der Waals surface area contributed by atoms with Gasteiger partial charge in [0.2, 0.25) is 0 Å². The van der Waals surface area contributed by atoms with Gasteiger partial charge < -0.3 is 25.2 Å². The molecule has 0 radical (unpaired) electrons. The van der Waals surface area contributed by atoms with E-state index in [0.717, 1.165) is 6.42 Å². The molecule has 1 aliphatic heterocycles. The predicted molar refractivity (Wildman–Crippen MR) is 90.8 cm³/mol. The Bertz CT molecular complexity index is 564. The number of hydrogen-bond acceptors (Lipinski definition) is 4. The Labute approximate surface area is 146 Å². The lowest BCUT2D eigenvalue weighted by atomic mass is 9.84. The Morgan fingerprint density at radius 3 is 2.84 bits per heavy atom. The fourth-order valence-electron chi connectivity index (χ4n) is 2.84. The zero-order valence-corrected chi connectivity index (χ0v) is 14.3. The van der Waals surface area contributed by atoms with Crippen LogP contribution in [0.5, 0.6) is 5.75 Å². The minimum atomic E-state index is -2.86. The van der Waals surface area contributed by atoms with E-state index in [-0.39, 0.29) is 17.8 Å². The van der Waals surface area contributed by atoms with Gasteiger partial charge in [0.25, 0.3) is 0 Å². The van der Waals surface area contributed by atoms with Crippen LogP contribution in [0.3, 0.4) is 0 Å². The maximum atomic E-state index is 12.5. The second-order valence-corrected chi connectivity index (χ2v) is 6.04. The summed E-state index contributed by atoms with van der Waals surface area (Å²) in [7, 11) is 1.64. The van der Waals surface area contributed by atoms with E-state index in [2.05, 4.69) is 20.4 Å². The van der Waals surface area contributed by atoms with Gasteiger partial charge in [-0.1, -0.05) is 18.2 Å². The lowest BCUT2D eigenvalue weighted by Crippen LogP contribution is -2.44. The first kappa shape index (κ1) is 19.4. The van der Waals surface area contributed by atoms with E-state index in [1.807, 2.05) is 0 Å². The molecule has 140 valence electrons. The number of hydrogen-bond donors (Lipinski definition) is 3. The molecule has 1 aromatic carbocycles. The summed E-state index contributed by atoms with van der Waals surface area (Å²) in [6, 6.07) is 6.63. The van der Waals surface area contributed by atoms with Crippen LogP contribution in [0.15, 0.2) is 29.3 Å². The molecule has 1 atom stereocenters. The molecule has 1 unspecified atom stereocenters. The Morgan fingerprint density at radius 2 is 2.20 bits per heavy atom. The summed E-state index contributed by atoms with van der Waals surface area (Å²) in [6.45, 7) is -0.558. The van der Waals surface area contributed by atoms with Crippen LogP contribution >= 0.6 is 0 Å². The minimum Gasteiger partial charge on any atom is -0.434 e. The summed E-state index contributed by atoms with van der Waals surface area (Å²) < 4.78 is 34.9. The smallest absolute Gasteiger partial charge is 0.387 e. The molecule has 1 aromatic rings. The number of benzene rings is 1. The zero-order valence-electron chi connectivity index (χ0n) is 14.3. The van der Waals surface area contributed by atoms with Crippen LogP contribution in [-0.2, 0) is 11.3 Å². The van der Waals surface area contributed by atoms with E-state index >= 15 is 0 Å². The number of aliphatic hydroxyl groups is 1. The molecule has 3 N–H and O–H groups in total. The van der Waals surface area contributed by atoms with Crippen molar-refractivity contribution in [3.63, 3.8) is 0 Å². The number of aliphatic hydroxyl groups excluding tert-OH is 1. The summed E-state index contributed by atoms with van der Waals surface area (Å²) in [6.07, 6.45) is 1.53. The van der Waals surface area contributed by atoms with E-state index in [1.54, 1.807) is 25.2 Å². The lowest BCUT2D eigenvalue weighted by molar-refractivity contribution is -0.0504. The van der Waals surface area contributed by atoms with Gasteiger partial charge in [-0.2, -0.15) is 8.78 Å². The van der Waals surface area contributed by atoms with Crippen LogP contribution in [0, 0.1) is 5.41 Å². The molecule has 6 nitrogen and oxygen atoms in total. The van der Waals surface area contributed by atoms with Crippen molar-refractivity contribution in [2.24, 2.45) is 10.4 Å². The lowest BCUT2D eigenvalue weighted by Gasteiger charge is -2.27. The van der Waals surface area contributed by atoms with Gasteiger partial charge >= 0.3 is 6.61 Å². The molecule has 2 rings (SSSR count). The van der Waals surface area contributed by atoms with E-state index in [9.17, 15) is 13.9 Å². The number of para-hydroxylation sites is 1. The number of halogens is 2. The van der Waals surface area contributed by atoms with Crippen molar-refractivity contribution in [3.8, 4) is 5.75 Å². The molecule has 1 aliphatic rings. The average molecular weight is 357 g/mol. The average Bonchev–Trinajstić information content (AvgIpc) is 3.05. The van der Waals surface area contributed by atoms with Crippen LogP contribution in [0.4, 0.5) is 8.78 Å². The fraction of sp³-hybridized carbons (Fsp3) is 0.588. The molecule has 1 fully saturated rings. The van der Waals surface area contributed by atoms with E-state index in [1.165, 1.54) is 6.07 Å². The third kappa shape index (κ3) is 5.82. The van der Waals surface area contributed by atoms with E-state index < -0.39 is 6.61 Å². The molecule has 0 bridgehead atoms. The molecule has 1 saturated heterocycles. The summed E-state index contributed by atoms with van der Waals surface area (Å²) in [5.74, 6) is 0.692. The molecule has 0 aromatic heterocycles. The third-order valence-corrected chi connectivity index (χ3v) is 4.32. The number of guanidine groups is 1. The number of ether oxygens (including phenoxy) is 2. The largest absolute Gasteiger partial charge is 0.434 e. The number of aliphatic imine (C=N–C) groups is 1. The van der Waals surface area contributed by atoms with Crippen LogP contribution in [-0.4, -0.2) is 51.1 Å². The first-order chi connectivity index (χ1) is 12.1. The van der Waals surface area contributed by atoms with Crippen LogP contribution in [0.25, 0.3) is 0 Å². The number of nitrogens with zero attached hydrogens (tertiary/aromatic N) is 1. The summed E-state index contributed by atoms with van der Waals surface area (Å²) >= 11 is 0. The van der Waals surface area contributed by atoms with E-state index in [4.69, 9.17) is 4.74 Å². The highest BCUT2D eigenvalue weighted by Gasteiger charge is 2.34. The molecule has 0 amide bonds. The van der Waals surface area contributed by atoms with Crippen molar-refractivity contribution in [3.05, 3.63) is 29.8 Å². The number of alkyl halides is 2. The van der Waals surface area contributed by atoms with Crippen LogP contribution < -0.4 is 15.4 Å². The van der Waals surface area contributed by atoms with Crippen molar-refractivity contribution in [2.75, 3.05) is 33.4 Å². The molecular formula is C17H25F2N3O3. The normalized spacial score (nSPS) is 20.8. The van der Waals surface area contributed by atoms with Gasteiger partial charge in [0.1, 0.15) is 5.75 Å². The summed E-state index contributed by atoms with van der Waals surface area (Å²) in [5.41, 5.74) is 0.503. The Kier molecular flexibility index (Phi) is 7.39. The maximum absolute atomic E-state index is 12.5. The quantitative estimate of drug-likeness (QED) is 0.488. The number of rotatable bonds is 8. The summed E-state index contributed by atoms with van der Waals surface area (Å²) in [5, 5.41) is 15.6. The van der Waals surface area contributed by atoms with Gasteiger partial charge in [-0.05, 0) is 18.9 Å². The second kappa shape index (κ2) is 9.53. The van der Waals surface area contributed by atoms with Crippen molar-refractivity contribution in [1.29, 1.82) is 0 Å². The third-order valence-electron chi connectivity index (χ3n) is 4.32. The summed E-state index contributed by atoms with van der Waals surface area (Å²) in [4.78, 5) is 4.15. The van der Waals surface area contributed by atoms with Gasteiger partial charge in [0, 0.05) is 44.3 Å². The van der Waals surface area contributed by atoms with Gasteiger partial charge in [-0.15, -0.1) is 0 Å². The topological polar surface area (TPSA) is 75.1 Å². The first-order valence-electron chi connectivity index (χ1n) is 8.24. The highest BCUT2D eigenvalue weighted by atomic mass is 19.3. The highest BCUT2D eigenvalue weighted by molar-refractivity contribution is 5.79. The Balaban J connectivity index is 1.90. The standard InChI is InChI=1S/C17H25F2N3O3/c1-20-16(22-11-17(6-8-23)7-9-24-12-17)21-10-13-4-2-3-5-14(13)25-15(18)19/h2-5,15,23H,6-12H2,1H3,(H2,20,21,22). The first-order valence-corrected chi connectivity index (χ1v) is 8.24. The predicted octanol–water partition coefficient (Wildman–Crippen LogP) is 1.74.